The van der Waals surface area contributed by atoms with Gasteiger partial charge in [-0.2, -0.15) is 0 Å². The Labute approximate surface area is 110 Å². The van der Waals surface area contributed by atoms with Crippen molar-refractivity contribution in [1.82, 2.24) is 5.16 Å². The second-order valence-electron chi connectivity index (χ2n) is 4.23. The fourth-order valence-corrected chi connectivity index (χ4v) is 1.88. The summed E-state index contributed by atoms with van der Waals surface area (Å²) < 4.78 is 5.05. The van der Waals surface area contributed by atoms with Crippen LogP contribution in [0.2, 0.25) is 0 Å². The summed E-state index contributed by atoms with van der Waals surface area (Å²) in [6.07, 6.45) is 0. The zero-order chi connectivity index (χ0) is 14.0. The molecule has 1 aromatic heterocycles. The van der Waals surface area contributed by atoms with Crippen LogP contribution in [0.15, 0.2) is 22.7 Å². The Morgan fingerprint density at radius 3 is 2.79 bits per heavy atom. The van der Waals surface area contributed by atoms with E-state index in [2.05, 4.69) is 10.5 Å². The highest BCUT2D eigenvalue weighted by Gasteiger charge is 2.14. The minimum Gasteiger partial charge on any atom is -0.478 e. The first-order valence-electron chi connectivity index (χ1n) is 5.78. The number of aryl methyl sites for hydroxylation is 2. The summed E-state index contributed by atoms with van der Waals surface area (Å²) in [5.74, 6) is -0.315. The predicted octanol–water partition coefficient (Wildman–Crippen LogP) is 2.18. The van der Waals surface area contributed by atoms with Gasteiger partial charge in [0.05, 0.1) is 22.6 Å². The molecule has 0 saturated carbocycles. The number of aromatic nitrogens is 1. The lowest BCUT2D eigenvalue weighted by Crippen LogP contribution is -2.09. The van der Waals surface area contributed by atoms with Crippen LogP contribution >= 0.6 is 0 Å². The summed E-state index contributed by atoms with van der Waals surface area (Å²) in [6.45, 7) is 4.05. The van der Waals surface area contributed by atoms with Gasteiger partial charge in [-0.3, -0.25) is 0 Å². The lowest BCUT2D eigenvalue weighted by Gasteiger charge is -2.12. The van der Waals surface area contributed by atoms with Gasteiger partial charge in [0, 0.05) is 12.1 Å². The molecular formula is C13H15N3O3. The van der Waals surface area contributed by atoms with Crippen LogP contribution in [0.5, 0.6) is 0 Å². The van der Waals surface area contributed by atoms with Gasteiger partial charge >= 0.3 is 5.97 Å². The van der Waals surface area contributed by atoms with Crippen LogP contribution in [0.4, 0.5) is 11.4 Å². The van der Waals surface area contributed by atoms with E-state index in [0.717, 1.165) is 11.3 Å². The van der Waals surface area contributed by atoms with Gasteiger partial charge in [-0.15, -0.1) is 0 Å². The van der Waals surface area contributed by atoms with Crippen LogP contribution in [0.25, 0.3) is 0 Å². The van der Waals surface area contributed by atoms with Gasteiger partial charge in [0.2, 0.25) is 0 Å². The minimum absolute atomic E-state index is 0.145. The average Bonchev–Trinajstić information content (AvgIpc) is 2.67. The molecule has 0 bridgehead atoms. The van der Waals surface area contributed by atoms with Crippen molar-refractivity contribution in [3.8, 4) is 0 Å². The third-order valence-corrected chi connectivity index (χ3v) is 2.95. The molecule has 19 heavy (non-hydrogen) atoms. The summed E-state index contributed by atoms with van der Waals surface area (Å²) in [7, 11) is 0. The zero-order valence-electron chi connectivity index (χ0n) is 10.7. The van der Waals surface area contributed by atoms with Crippen LogP contribution in [-0.4, -0.2) is 16.2 Å². The Hall–Kier alpha value is -2.50. The van der Waals surface area contributed by atoms with Gasteiger partial charge in [-0.1, -0.05) is 11.2 Å². The van der Waals surface area contributed by atoms with E-state index in [-0.39, 0.29) is 5.56 Å². The Morgan fingerprint density at radius 2 is 2.21 bits per heavy atom. The third-order valence-electron chi connectivity index (χ3n) is 2.95. The van der Waals surface area contributed by atoms with E-state index in [4.69, 9.17) is 15.4 Å². The van der Waals surface area contributed by atoms with Crippen molar-refractivity contribution in [2.24, 2.45) is 0 Å². The van der Waals surface area contributed by atoms with Crippen molar-refractivity contribution in [3.63, 3.8) is 0 Å². The van der Waals surface area contributed by atoms with Crippen molar-refractivity contribution in [3.05, 3.63) is 40.8 Å². The van der Waals surface area contributed by atoms with Crippen LogP contribution in [0, 0.1) is 13.8 Å². The van der Waals surface area contributed by atoms with Gasteiger partial charge in [-0.05, 0) is 26.0 Å². The fraction of sp³-hybridized carbons (Fsp3) is 0.231. The Morgan fingerprint density at radius 1 is 1.47 bits per heavy atom. The molecule has 1 aromatic carbocycles. The van der Waals surface area contributed by atoms with Gasteiger partial charge in [0.15, 0.2) is 0 Å². The van der Waals surface area contributed by atoms with E-state index in [1.54, 1.807) is 12.1 Å². The molecule has 0 aliphatic rings. The third kappa shape index (κ3) is 2.52. The molecule has 2 rings (SSSR count). The van der Waals surface area contributed by atoms with Crippen molar-refractivity contribution in [2.75, 3.05) is 11.1 Å². The summed E-state index contributed by atoms with van der Waals surface area (Å²) in [4.78, 5) is 11.1. The minimum atomic E-state index is -1.02. The first kappa shape index (κ1) is 12.9. The lowest BCUT2D eigenvalue weighted by atomic mass is 10.1. The van der Waals surface area contributed by atoms with Crippen molar-refractivity contribution < 1.29 is 14.4 Å². The molecule has 6 nitrogen and oxygen atoms in total. The van der Waals surface area contributed by atoms with Crippen LogP contribution in [0.1, 0.15) is 27.4 Å². The average molecular weight is 261 g/mol. The maximum atomic E-state index is 11.1. The summed E-state index contributed by atoms with van der Waals surface area (Å²) in [5, 5.41) is 16.0. The van der Waals surface area contributed by atoms with Crippen molar-refractivity contribution >= 4 is 17.3 Å². The quantitative estimate of drug-likeness (QED) is 0.729. The highest BCUT2D eigenvalue weighted by molar-refractivity contribution is 5.97. The number of carboxylic acids is 1. The van der Waals surface area contributed by atoms with Gasteiger partial charge in [-0.25, -0.2) is 4.79 Å². The number of nitrogens with two attached hydrogens (primary N) is 1. The van der Waals surface area contributed by atoms with E-state index in [9.17, 15) is 4.79 Å². The molecule has 0 amide bonds. The maximum absolute atomic E-state index is 11.1. The Kier molecular flexibility index (Phi) is 3.41. The molecular weight excluding hydrogens is 246 g/mol. The molecule has 100 valence electrons. The maximum Gasteiger partial charge on any atom is 0.337 e. The number of nitrogens with zero attached hydrogens (tertiary/aromatic N) is 1. The van der Waals surface area contributed by atoms with E-state index in [0.29, 0.717) is 23.7 Å². The fourth-order valence-electron chi connectivity index (χ4n) is 1.88. The molecule has 6 heteroatoms. The molecule has 0 saturated heterocycles. The number of carboxylic acid groups (broad SMARTS) is 1. The number of nitrogen functional groups attached to an aromatic ring is 1. The number of nitrogens with one attached hydrogen (secondary N) is 1. The molecule has 0 aliphatic heterocycles. The number of anilines is 2. The Bertz CT molecular complexity index is 600. The number of carbonyl (C=O) groups is 1. The highest BCUT2D eigenvalue weighted by Crippen LogP contribution is 2.25. The topological polar surface area (TPSA) is 101 Å². The van der Waals surface area contributed by atoms with Crippen molar-refractivity contribution in [1.29, 1.82) is 0 Å². The smallest absolute Gasteiger partial charge is 0.337 e. The molecule has 4 N–H and O–H groups in total. The monoisotopic (exact) mass is 261 g/mol. The summed E-state index contributed by atoms with van der Waals surface area (Å²) in [5.41, 5.74) is 8.44. The molecule has 0 aliphatic carbocycles. The van der Waals surface area contributed by atoms with E-state index >= 15 is 0 Å². The largest absolute Gasteiger partial charge is 0.478 e. The summed E-state index contributed by atoms with van der Waals surface area (Å²) in [6, 6.07) is 4.77. The standard InChI is InChI=1S/C13H15N3O3/c1-7-10(8(2)19-16-7)6-15-12-9(13(17)18)4-3-5-11(12)14/h3-5,15H,6,14H2,1-2H3,(H,17,18). The molecule has 0 radical (unpaired) electrons. The normalized spacial score (nSPS) is 10.4. The Balaban J connectivity index is 2.27. The molecule has 2 aromatic rings. The molecule has 1 heterocycles. The number of benzene rings is 1. The lowest BCUT2D eigenvalue weighted by molar-refractivity contribution is 0.0698. The molecule has 0 fully saturated rings. The predicted molar refractivity (Wildman–Crippen MR) is 71.1 cm³/mol. The molecule has 0 atom stereocenters. The summed E-state index contributed by atoms with van der Waals surface area (Å²) >= 11 is 0. The van der Waals surface area contributed by atoms with Crippen LogP contribution < -0.4 is 11.1 Å². The van der Waals surface area contributed by atoms with Crippen molar-refractivity contribution in [2.45, 2.75) is 20.4 Å². The molecule has 0 spiro atoms. The zero-order valence-corrected chi connectivity index (χ0v) is 10.7. The number of para-hydroxylation sites is 1. The first-order valence-corrected chi connectivity index (χ1v) is 5.78. The van der Waals surface area contributed by atoms with E-state index in [1.807, 2.05) is 13.8 Å². The van der Waals surface area contributed by atoms with Gasteiger partial charge in [0.25, 0.3) is 0 Å². The van der Waals surface area contributed by atoms with Gasteiger partial charge in [0.1, 0.15) is 5.76 Å². The first-order chi connectivity index (χ1) is 9.00. The van der Waals surface area contributed by atoms with Crippen LogP contribution in [-0.2, 0) is 6.54 Å². The van der Waals surface area contributed by atoms with E-state index in [1.165, 1.54) is 6.07 Å². The van der Waals surface area contributed by atoms with Crippen LogP contribution in [0.3, 0.4) is 0 Å². The van der Waals surface area contributed by atoms with Gasteiger partial charge < -0.3 is 20.7 Å². The second-order valence-corrected chi connectivity index (χ2v) is 4.23. The number of aromatic carboxylic acids is 1. The van der Waals surface area contributed by atoms with E-state index < -0.39 is 5.97 Å². The SMILES string of the molecule is Cc1noc(C)c1CNc1c(N)cccc1C(=O)O. The second kappa shape index (κ2) is 5.01. The molecule has 0 unspecified atom stereocenters. The number of hydrogen-bond acceptors (Lipinski definition) is 5. The highest BCUT2D eigenvalue weighted by atomic mass is 16.5. The number of rotatable bonds is 4. The number of hydrogen-bond donors (Lipinski definition) is 3.